The van der Waals surface area contributed by atoms with Gasteiger partial charge in [-0.3, -0.25) is 19.4 Å². The number of hydrogen-bond donors (Lipinski definition) is 3. The van der Waals surface area contributed by atoms with Crippen LogP contribution in [0.3, 0.4) is 0 Å². The van der Waals surface area contributed by atoms with E-state index < -0.39 is 22.9 Å². The fourth-order valence-corrected chi connectivity index (χ4v) is 5.16. The molecule has 4 N–H and O–H groups in total. The number of hydrazine groups is 1. The quantitative estimate of drug-likeness (QED) is 0.373. The Bertz CT molecular complexity index is 1190. The third-order valence-corrected chi connectivity index (χ3v) is 7.51. The molecule has 40 heavy (non-hydrogen) atoms. The van der Waals surface area contributed by atoms with Gasteiger partial charge in [-0.1, -0.05) is 55.1 Å². The molecule has 1 aliphatic heterocycles. The summed E-state index contributed by atoms with van der Waals surface area (Å²) < 4.78 is 0. The number of likely N-dealkylation sites (tertiary alicyclic amines) is 1. The van der Waals surface area contributed by atoms with E-state index in [9.17, 15) is 14.4 Å². The monoisotopic (exact) mass is 548 g/mol. The number of amides is 3. The lowest BCUT2D eigenvalue weighted by molar-refractivity contribution is -0.159. The van der Waals surface area contributed by atoms with Gasteiger partial charge in [0.2, 0.25) is 17.7 Å². The summed E-state index contributed by atoms with van der Waals surface area (Å²) in [6.45, 7) is 7.72. The largest absolute Gasteiger partial charge is 0.362 e. The van der Waals surface area contributed by atoms with Crippen molar-refractivity contribution in [3.63, 3.8) is 0 Å². The molecule has 0 aromatic heterocycles. The number of hydrogen-bond acceptors (Lipinski definition) is 6. The summed E-state index contributed by atoms with van der Waals surface area (Å²) in [5.41, 5.74) is 6.81. The van der Waals surface area contributed by atoms with Crippen LogP contribution in [0.1, 0.15) is 37.8 Å². The van der Waals surface area contributed by atoms with E-state index in [1.807, 2.05) is 68.7 Å². The van der Waals surface area contributed by atoms with Crippen molar-refractivity contribution in [1.29, 1.82) is 0 Å². The highest BCUT2D eigenvalue weighted by Crippen LogP contribution is 2.36. The number of para-hydroxylation sites is 1. The van der Waals surface area contributed by atoms with E-state index in [-0.39, 0.29) is 24.8 Å². The molecule has 9 heteroatoms. The lowest BCUT2D eigenvalue weighted by atomic mass is 9.74. The Kier molecular flexibility index (Phi) is 10.1. The zero-order chi connectivity index (χ0) is 29.5. The minimum atomic E-state index is -1.17. The number of carbonyl (C=O) groups is 3. The van der Waals surface area contributed by atoms with Crippen molar-refractivity contribution < 1.29 is 14.4 Å². The van der Waals surface area contributed by atoms with Crippen molar-refractivity contribution in [2.24, 2.45) is 11.1 Å². The molecule has 3 rings (SSSR count). The fourth-order valence-electron chi connectivity index (χ4n) is 5.16. The molecule has 9 nitrogen and oxygen atoms in total. The van der Waals surface area contributed by atoms with Crippen molar-refractivity contribution in [3.05, 3.63) is 78.5 Å². The van der Waals surface area contributed by atoms with Crippen LogP contribution in [-0.2, 0) is 27.2 Å². The number of nitrogens with zero attached hydrogens (tertiary/aromatic N) is 3. The molecule has 1 fully saturated rings. The van der Waals surface area contributed by atoms with E-state index in [2.05, 4.69) is 17.2 Å². The summed E-state index contributed by atoms with van der Waals surface area (Å²) in [5, 5.41) is 9.39. The van der Waals surface area contributed by atoms with Gasteiger partial charge in [-0.25, -0.2) is 5.01 Å². The molecular weight excluding hydrogens is 504 g/mol. The molecular formula is C31H44N6O3. The highest BCUT2D eigenvalue weighted by molar-refractivity contribution is 5.92. The van der Waals surface area contributed by atoms with Crippen LogP contribution in [0.4, 0.5) is 5.69 Å². The number of carbonyl (C=O) groups excluding carboxylic acids is 3. The normalized spacial score (nSPS) is 18.1. The Hall–Kier alpha value is -3.69. The standard InChI is InChI=1S/C31H44N6O3/c1-7-33-25-17-12-11-16-24(25)20-26(34-28(39)30(2,3)32)27(38)37-19-13-18-31(22-37,29(40)36(6)35(4)5)21-23-14-9-8-10-15-23/h7-12,14-17,26,33H,1,13,18-22,32H2,2-6H3,(H,34,39)/t26-,31-/m1/s1. The SMILES string of the molecule is C=CNc1ccccc1C[C@@H](NC(=O)C(C)(C)N)C(=O)N1CCC[C@](Cc2ccccc2)(C(=O)N(C)N(C)C)C1. The molecule has 2 aromatic rings. The molecule has 0 unspecified atom stereocenters. The van der Waals surface area contributed by atoms with Gasteiger partial charge in [0.05, 0.1) is 11.0 Å². The molecule has 0 spiro atoms. The lowest BCUT2D eigenvalue weighted by Crippen LogP contribution is -2.61. The van der Waals surface area contributed by atoms with Gasteiger partial charge in [0, 0.05) is 46.3 Å². The third-order valence-electron chi connectivity index (χ3n) is 7.51. The zero-order valence-corrected chi connectivity index (χ0v) is 24.4. The van der Waals surface area contributed by atoms with Crippen LogP contribution in [-0.4, -0.2) is 78.5 Å². The minimum absolute atomic E-state index is 0.0388. The first-order valence-corrected chi connectivity index (χ1v) is 13.7. The van der Waals surface area contributed by atoms with E-state index in [1.54, 1.807) is 42.0 Å². The molecule has 0 radical (unpaired) electrons. The first-order valence-electron chi connectivity index (χ1n) is 13.7. The second-order valence-electron chi connectivity index (χ2n) is 11.4. The molecule has 1 saturated heterocycles. The van der Waals surface area contributed by atoms with Gasteiger partial charge in [0.1, 0.15) is 6.04 Å². The number of benzene rings is 2. The summed E-state index contributed by atoms with van der Waals surface area (Å²) >= 11 is 0. The van der Waals surface area contributed by atoms with Crippen molar-refractivity contribution in [2.45, 2.75) is 51.1 Å². The van der Waals surface area contributed by atoms with Gasteiger partial charge in [-0.15, -0.1) is 0 Å². The van der Waals surface area contributed by atoms with Gasteiger partial charge in [0.25, 0.3) is 0 Å². The minimum Gasteiger partial charge on any atom is -0.362 e. The predicted molar refractivity (Wildman–Crippen MR) is 159 cm³/mol. The highest BCUT2D eigenvalue weighted by Gasteiger charge is 2.46. The summed E-state index contributed by atoms with van der Waals surface area (Å²) in [7, 11) is 5.41. The maximum absolute atomic E-state index is 14.2. The summed E-state index contributed by atoms with van der Waals surface area (Å²) in [5.74, 6) is -0.692. The van der Waals surface area contributed by atoms with E-state index in [4.69, 9.17) is 5.73 Å². The van der Waals surface area contributed by atoms with E-state index >= 15 is 0 Å². The van der Waals surface area contributed by atoms with E-state index in [1.165, 1.54) is 0 Å². The van der Waals surface area contributed by atoms with Crippen LogP contribution in [0.2, 0.25) is 0 Å². The number of piperidine rings is 1. The fraction of sp³-hybridized carbons (Fsp3) is 0.452. The van der Waals surface area contributed by atoms with Crippen LogP contribution in [0, 0.1) is 5.41 Å². The second kappa shape index (κ2) is 13.1. The predicted octanol–water partition coefficient (Wildman–Crippen LogP) is 2.79. The molecule has 1 heterocycles. The molecule has 216 valence electrons. The summed E-state index contributed by atoms with van der Waals surface area (Å²) in [4.78, 5) is 42.9. The first kappa shape index (κ1) is 30.8. The van der Waals surface area contributed by atoms with E-state index in [0.717, 1.165) is 16.8 Å². The number of anilines is 1. The maximum Gasteiger partial charge on any atom is 0.245 e. The zero-order valence-electron chi connectivity index (χ0n) is 24.4. The molecule has 0 aliphatic carbocycles. The molecule has 1 aliphatic rings. The smallest absolute Gasteiger partial charge is 0.245 e. The van der Waals surface area contributed by atoms with Crippen LogP contribution < -0.4 is 16.4 Å². The Morgan fingerprint density at radius 3 is 2.38 bits per heavy atom. The molecule has 0 bridgehead atoms. The molecule has 2 aromatic carbocycles. The Balaban J connectivity index is 1.97. The van der Waals surface area contributed by atoms with Crippen LogP contribution in [0.5, 0.6) is 0 Å². The van der Waals surface area contributed by atoms with Gasteiger partial charge in [-0.05, 0) is 56.5 Å². The lowest BCUT2D eigenvalue weighted by Gasteiger charge is -2.45. The second-order valence-corrected chi connectivity index (χ2v) is 11.4. The van der Waals surface area contributed by atoms with Crippen LogP contribution in [0.15, 0.2) is 67.4 Å². The van der Waals surface area contributed by atoms with Crippen molar-refractivity contribution in [1.82, 2.24) is 20.2 Å². The molecule has 0 saturated carbocycles. The van der Waals surface area contributed by atoms with Crippen molar-refractivity contribution >= 4 is 23.4 Å². The summed E-state index contributed by atoms with van der Waals surface area (Å²) in [6, 6.07) is 16.6. The van der Waals surface area contributed by atoms with Gasteiger partial charge in [0.15, 0.2) is 0 Å². The average molecular weight is 549 g/mol. The number of nitrogens with one attached hydrogen (secondary N) is 2. The number of rotatable bonds is 11. The molecule has 3 amide bonds. The Labute approximate surface area is 238 Å². The average Bonchev–Trinajstić information content (AvgIpc) is 2.92. The highest BCUT2D eigenvalue weighted by atomic mass is 16.2. The third kappa shape index (κ3) is 7.49. The topological polar surface area (TPSA) is 111 Å². The number of nitrogens with two attached hydrogens (primary N) is 1. The van der Waals surface area contributed by atoms with E-state index in [0.29, 0.717) is 25.8 Å². The van der Waals surface area contributed by atoms with Crippen LogP contribution in [0.25, 0.3) is 0 Å². The van der Waals surface area contributed by atoms with Gasteiger partial charge in [-0.2, -0.15) is 0 Å². The van der Waals surface area contributed by atoms with Crippen LogP contribution >= 0.6 is 0 Å². The van der Waals surface area contributed by atoms with Gasteiger partial charge >= 0.3 is 0 Å². The molecule has 2 atom stereocenters. The van der Waals surface area contributed by atoms with Gasteiger partial charge < -0.3 is 21.3 Å². The Morgan fingerprint density at radius 1 is 1.10 bits per heavy atom. The summed E-state index contributed by atoms with van der Waals surface area (Å²) in [6.07, 6.45) is 3.66. The van der Waals surface area contributed by atoms with Crippen molar-refractivity contribution in [3.8, 4) is 0 Å². The Morgan fingerprint density at radius 2 is 1.75 bits per heavy atom. The first-order chi connectivity index (χ1) is 18.9. The maximum atomic E-state index is 14.2. The van der Waals surface area contributed by atoms with Crippen molar-refractivity contribution in [2.75, 3.05) is 39.5 Å².